The Morgan fingerprint density at radius 3 is 2.70 bits per heavy atom. The van der Waals surface area contributed by atoms with Crippen LogP contribution in [0.3, 0.4) is 0 Å². The molecule has 0 radical (unpaired) electrons. The fourth-order valence-corrected chi connectivity index (χ4v) is 2.03. The second kappa shape index (κ2) is 5.15. The summed E-state index contributed by atoms with van der Waals surface area (Å²) in [6.07, 6.45) is 0.486. The van der Waals surface area contributed by atoms with Gasteiger partial charge in [-0.05, 0) is 23.1 Å². The molecule has 1 amide bonds. The molecule has 0 aliphatic heterocycles. The van der Waals surface area contributed by atoms with Gasteiger partial charge in [-0.2, -0.15) is 0 Å². The minimum atomic E-state index is -0.381. The summed E-state index contributed by atoms with van der Waals surface area (Å²) >= 11 is 0. The first-order valence-corrected chi connectivity index (χ1v) is 6.61. The Hall–Kier alpha value is -2.04. The summed E-state index contributed by atoms with van der Waals surface area (Å²) in [6.45, 7) is 6.53. The third-order valence-corrected chi connectivity index (χ3v) is 3.04. The Morgan fingerprint density at radius 2 is 2.05 bits per heavy atom. The van der Waals surface area contributed by atoms with Gasteiger partial charge in [0.05, 0.1) is 5.52 Å². The number of aromatic nitrogens is 1. The first-order chi connectivity index (χ1) is 9.26. The molecular formula is C15H20N2O3. The Morgan fingerprint density at radius 1 is 1.35 bits per heavy atom. The van der Waals surface area contributed by atoms with E-state index < -0.39 is 0 Å². The molecule has 0 bridgehead atoms. The number of hydrogen-bond donors (Lipinski definition) is 1. The van der Waals surface area contributed by atoms with Crippen LogP contribution in [0.1, 0.15) is 32.8 Å². The van der Waals surface area contributed by atoms with Crippen LogP contribution >= 0.6 is 0 Å². The molecule has 0 saturated heterocycles. The van der Waals surface area contributed by atoms with Crippen LogP contribution in [0, 0.1) is 5.41 Å². The molecule has 0 fully saturated rings. The maximum Gasteiger partial charge on any atom is 0.419 e. The third-order valence-electron chi connectivity index (χ3n) is 3.04. The lowest BCUT2D eigenvalue weighted by Crippen LogP contribution is -2.27. The van der Waals surface area contributed by atoms with E-state index in [1.807, 2.05) is 32.9 Å². The normalized spacial score (nSPS) is 11.8. The fourth-order valence-electron chi connectivity index (χ4n) is 2.03. The highest BCUT2D eigenvalue weighted by atomic mass is 16.4. The molecule has 108 valence electrons. The van der Waals surface area contributed by atoms with E-state index in [9.17, 15) is 9.59 Å². The van der Waals surface area contributed by atoms with Crippen molar-refractivity contribution < 1.29 is 9.21 Å². The Kier molecular flexibility index (Phi) is 3.70. The lowest BCUT2D eigenvalue weighted by Gasteiger charge is -2.17. The molecular weight excluding hydrogens is 256 g/mol. The lowest BCUT2D eigenvalue weighted by molar-refractivity contribution is -0.122. The standard InChI is InChI=1S/C15H20N2O3/c1-15(2,3)8-13(18)16-9-10-5-6-12-11(7-10)17(4)14(19)20-12/h5-7H,8-9H2,1-4H3,(H,16,18). The number of carbonyl (C=O) groups excluding carboxylic acids is 1. The van der Waals surface area contributed by atoms with Crippen LogP contribution in [-0.4, -0.2) is 10.5 Å². The van der Waals surface area contributed by atoms with Crippen molar-refractivity contribution in [1.82, 2.24) is 9.88 Å². The third kappa shape index (κ3) is 3.29. The van der Waals surface area contributed by atoms with Gasteiger partial charge >= 0.3 is 5.76 Å². The molecule has 1 heterocycles. The summed E-state index contributed by atoms with van der Waals surface area (Å²) in [7, 11) is 1.66. The number of oxazole rings is 1. The number of carbonyl (C=O) groups is 1. The van der Waals surface area contributed by atoms with Crippen molar-refractivity contribution in [2.75, 3.05) is 0 Å². The van der Waals surface area contributed by atoms with Crippen molar-refractivity contribution in [3.8, 4) is 0 Å². The molecule has 1 aromatic heterocycles. The van der Waals surface area contributed by atoms with E-state index in [2.05, 4.69) is 5.32 Å². The van der Waals surface area contributed by atoms with Crippen molar-refractivity contribution in [2.24, 2.45) is 12.5 Å². The summed E-state index contributed by atoms with van der Waals surface area (Å²) in [4.78, 5) is 23.2. The topological polar surface area (TPSA) is 64.2 Å². The van der Waals surface area contributed by atoms with Crippen molar-refractivity contribution in [1.29, 1.82) is 0 Å². The zero-order valence-electron chi connectivity index (χ0n) is 12.3. The molecule has 0 aliphatic rings. The molecule has 2 aromatic rings. The van der Waals surface area contributed by atoms with Crippen LogP contribution in [0.25, 0.3) is 11.1 Å². The van der Waals surface area contributed by atoms with E-state index in [-0.39, 0.29) is 17.1 Å². The number of rotatable bonds is 3. The van der Waals surface area contributed by atoms with E-state index in [1.54, 1.807) is 13.1 Å². The molecule has 2 rings (SSSR count). The number of nitrogens with zero attached hydrogens (tertiary/aromatic N) is 1. The smallest absolute Gasteiger partial charge is 0.408 e. The zero-order chi connectivity index (χ0) is 14.9. The summed E-state index contributed by atoms with van der Waals surface area (Å²) in [5.41, 5.74) is 2.21. The van der Waals surface area contributed by atoms with Crippen LogP contribution in [0.5, 0.6) is 0 Å². The largest absolute Gasteiger partial charge is 0.419 e. The highest BCUT2D eigenvalue weighted by Gasteiger charge is 2.15. The van der Waals surface area contributed by atoms with Crippen LogP contribution in [0.2, 0.25) is 0 Å². The molecule has 0 atom stereocenters. The summed E-state index contributed by atoms with van der Waals surface area (Å²) in [6, 6.07) is 5.46. The van der Waals surface area contributed by atoms with Crippen LogP contribution in [-0.2, 0) is 18.4 Å². The number of fused-ring (bicyclic) bond motifs is 1. The molecule has 1 aromatic carbocycles. The fraction of sp³-hybridized carbons (Fsp3) is 0.467. The Bertz CT molecular complexity index is 689. The van der Waals surface area contributed by atoms with Crippen LogP contribution in [0.15, 0.2) is 27.4 Å². The predicted molar refractivity (Wildman–Crippen MR) is 77.4 cm³/mol. The average Bonchev–Trinajstić information content (AvgIpc) is 2.61. The highest BCUT2D eigenvalue weighted by molar-refractivity contribution is 5.77. The van der Waals surface area contributed by atoms with E-state index >= 15 is 0 Å². The molecule has 5 heteroatoms. The summed E-state index contributed by atoms with van der Waals surface area (Å²) in [5, 5.41) is 2.89. The minimum Gasteiger partial charge on any atom is -0.408 e. The summed E-state index contributed by atoms with van der Waals surface area (Å²) in [5.74, 6) is -0.354. The monoisotopic (exact) mass is 276 g/mol. The van der Waals surface area contributed by atoms with Crippen molar-refractivity contribution in [3.63, 3.8) is 0 Å². The van der Waals surface area contributed by atoms with Crippen molar-refractivity contribution in [3.05, 3.63) is 34.3 Å². The van der Waals surface area contributed by atoms with Gasteiger partial charge < -0.3 is 9.73 Å². The van der Waals surface area contributed by atoms with Crippen molar-refractivity contribution >= 4 is 17.0 Å². The predicted octanol–water partition coefficient (Wildman–Crippen LogP) is 2.18. The second-order valence-electron chi connectivity index (χ2n) is 6.24. The molecule has 0 unspecified atom stereocenters. The quantitative estimate of drug-likeness (QED) is 0.934. The Balaban J connectivity index is 2.09. The number of amides is 1. The first kappa shape index (κ1) is 14.4. The molecule has 1 N–H and O–H groups in total. The van der Waals surface area contributed by atoms with Gasteiger partial charge in [-0.25, -0.2) is 4.79 Å². The van der Waals surface area contributed by atoms with Gasteiger partial charge in [0, 0.05) is 20.0 Å². The first-order valence-electron chi connectivity index (χ1n) is 6.61. The highest BCUT2D eigenvalue weighted by Crippen LogP contribution is 2.18. The number of aryl methyl sites for hydroxylation is 1. The van der Waals surface area contributed by atoms with E-state index in [4.69, 9.17) is 4.42 Å². The van der Waals surface area contributed by atoms with Gasteiger partial charge in [-0.1, -0.05) is 26.8 Å². The Labute approximate surface area is 117 Å². The van der Waals surface area contributed by atoms with Crippen LogP contribution in [0.4, 0.5) is 0 Å². The maximum atomic E-state index is 11.8. The molecule has 0 spiro atoms. The number of hydrogen-bond acceptors (Lipinski definition) is 3. The van der Waals surface area contributed by atoms with Gasteiger partial charge in [0.15, 0.2) is 5.58 Å². The molecule has 20 heavy (non-hydrogen) atoms. The minimum absolute atomic E-state index is 0.0253. The SMILES string of the molecule is Cn1c(=O)oc2ccc(CNC(=O)CC(C)(C)C)cc21. The van der Waals surface area contributed by atoms with Gasteiger partial charge in [-0.3, -0.25) is 9.36 Å². The molecule has 5 nitrogen and oxygen atoms in total. The second-order valence-corrected chi connectivity index (χ2v) is 6.24. The van der Waals surface area contributed by atoms with Crippen molar-refractivity contribution in [2.45, 2.75) is 33.7 Å². The van der Waals surface area contributed by atoms with Gasteiger partial charge in [0.25, 0.3) is 0 Å². The number of nitrogens with one attached hydrogen (secondary N) is 1. The van der Waals surface area contributed by atoms with Crippen LogP contribution < -0.4 is 11.1 Å². The molecule has 0 aliphatic carbocycles. The van der Waals surface area contributed by atoms with E-state index in [1.165, 1.54) is 4.57 Å². The maximum absolute atomic E-state index is 11.8. The molecule has 0 saturated carbocycles. The number of benzene rings is 1. The van der Waals surface area contributed by atoms with E-state index in [0.717, 1.165) is 11.1 Å². The van der Waals surface area contributed by atoms with Gasteiger partial charge in [0.1, 0.15) is 0 Å². The van der Waals surface area contributed by atoms with Gasteiger partial charge in [0.2, 0.25) is 5.91 Å². The van der Waals surface area contributed by atoms with E-state index in [0.29, 0.717) is 18.5 Å². The zero-order valence-corrected chi connectivity index (χ0v) is 12.3. The summed E-state index contributed by atoms with van der Waals surface area (Å²) < 4.78 is 6.52. The lowest BCUT2D eigenvalue weighted by atomic mass is 9.92. The van der Waals surface area contributed by atoms with Gasteiger partial charge in [-0.15, -0.1) is 0 Å². The average molecular weight is 276 g/mol.